The summed E-state index contributed by atoms with van der Waals surface area (Å²) in [6.07, 6.45) is 3.13. The summed E-state index contributed by atoms with van der Waals surface area (Å²) in [7, 11) is 0. The molecule has 2 rings (SSSR count). The number of piperazine rings is 1. The highest BCUT2D eigenvalue weighted by Crippen LogP contribution is 2.20. The maximum absolute atomic E-state index is 6.10. The van der Waals surface area contributed by atoms with Crippen LogP contribution < -0.4 is 5.73 Å². The molecule has 0 amide bonds. The van der Waals surface area contributed by atoms with Crippen molar-refractivity contribution in [3.63, 3.8) is 0 Å². The zero-order valence-corrected chi connectivity index (χ0v) is 13.3. The van der Waals surface area contributed by atoms with Gasteiger partial charge in [0.2, 0.25) is 0 Å². The first kappa shape index (κ1) is 15.3. The smallest absolute Gasteiger partial charge is 0.0593 e. The second-order valence-electron chi connectivity index (χ2n) is 6.00. The Bertz CT molecular complexity index is 450. The minimum atomic E-state index is 0.701. The molecular formula is C16H28N4. The van der Waals surface area contributed by atoms with Gasteiger partial charge in [0.05, 0.1) is 5.69 Å². The quantitative estimate of drug-likeness (QED) is 0.915. The summed E-state index contributed by atoms with van der Waals surface area (Å²) in [5, 5.41) is 0. The van der Waals surface area contributed by atoms with Crippen molar-refractivity contribution in [3.8, 4) is 0 Å². The highest BCUT2D eigenvalue weighted by atomic mass is 15.3. The monoisotopic (exact) mass is 276 g/mol. The van der Waals surface area contributed by atoms with E-state index in [1.165, 1.54) is 6.42 Å². The summed E-state index contributed by atoms with van der Waals surface area (Å²) in [5.74, 6) is 0. The molecule has 1 aromatic heterocycles. The Hall–Kier alpha value is -1.13. The second-order valence-corrected chi connectivity index (χ2v) is 6.00. The lowest BCUT2D eigenvalue weighted by Gasteiger charge is -2.37. The number of hydrogen-bond donors (Lipinski definition) is 1. The van der Waals surface area contributed by atoms with E-state index in [4.69, 9.17) is 5.73 Å². The number of hydrogen-bond acceptors (Lipinski definition) is 4. The summed E-state index contributed by atoms with van der Waals surface area (Å²) in [4.78, 5) is 9.64. The van der Waals surface area contributed by atoms with Crippen LogP contribution in [0.2, 0.25) is 0 Å². The molecule has 1 aromatic rings. The zero-order valence-electron chi connectivity index (χ0n) is 13.3. The molecule has 1 atom stereocenters. The van der Waals surface area contributed by atoms with Crippen molar-refractivity contribution in [1.82, 2.24) is 14.8 Å². The predicted octanol–water partition coefficient (Wildman–Crippen LogP) is 2.20. The topological polar surface area (TPSA) is 45.4 Å². The number of aromatic nitrogens is 1. The Labute approximate surface area is 123 Å². The van der Waals surface area contributed by atoms with Gasteiger partial charge in [0.15, 0.2) is 0 Å². The van der Waals surface area contributed by atoms with E-state index in [2.05, 4.69) is 35.6 Å². The van der Waals surface area contributed by atoms with Crippen molar-refractivity contribution in [1.29, 1.82) is 0 Å². The molecule has 0 spiro atoms. The van der Waals surface area contributed by atoms with Crippen LogP contribution in [0.25, 0.3) is 0 Å². The van der Waals surface area contributed by atoms with Crippen LogP contribution in [0.15, 0.2) is 6.20 Å². The molecule has 2 N–H and O–H groups in total. The van der Waals surface area contributed by atoms with E-state index in [0.29, 0.717) is 6.04 Å². The summed E-state index contributed by atoms with van der Waals surface area (Å²) >= 11 is 0. The van der Waals surface area contributed by atoms with Crippen LogP contribution in [-0.4, -0.2) is 47.0 Å². The highest BCUT2D eigenvalue weighted by Gasteiger charge is 2.21. The molecule has 112 valence electrons. The SMILES string of the molecule is CCC(C)N1CCN(Cc2ncc(C)c(N)c2C)CC1. The molecular weight excluding hydrogens is 248 g/mol. The number of nitrogens with zero attached hydrogens (tertiary/aromatic N) is 3. The van der Waals surface area contributed by atoms with Crippen LogP contribution in [0.5, 0.6) is 0 Å². The number of anilines is 1. The van der Waals surface area contributed by atoms with E-state index >= 15 is 0 Å². The zero-order chi connectivity index (χ0) is 14.7. The normalized spacial score (nSPS) is 19.2. The Morgan fingerprint density at radius 2 is 1.90 bits per heavy atom. The van der Waals surface area contributed by atoms with Crippen LogP contribution in [0.4, 0.5) is 5.69 Å². The molecule has 2 heterocycles. The fourth-order valence-corrected chi connectivity index (χ4v) is 2.78. The molecule has 4 heteroatoms. The van der Waals surface area contributed by atoms with Crippen LogP contribution >= 0.6 is 0 Å². The first-order valence-corrected chi connectivity index (χ1v) is 7.69. The van der Waals surface area contributed by atoms with Gasteiger partial charge in [0, 0.05) is 50.6 Å². The number of rotatable bonds is 4. The van der Waals surface area contributed by atoms with E-state index in [1.54, 1.807) is 0 Å². The van der Waals surface area contributed by atoms with E-state index in [0.717, 1.165) is 55.2 Å². The van der Waals surface area contributed by atoms with Crippen LogP contribution in [0, 0.1) is 13.8 Å². The van der Waals surface area contributed by atoms with Gasteiger partial charge in [-0.3, -0.25) is 14.8 Å². The Morgan fingerprint density at radius 1 is 1.25 bits per heavy atom. The minimum Gasteiger partial charge on any atom is -0.398 e. The standard InChI is InChI=1S/C16H28N4/c1-5-13(3)20-8-6-19(7-9-20)11-15-14(4)16(17)12(2)10-18-15/h10,13H,5-9,11H2,1-4H3,(H2,17,18). The molecule has 20 heavy (non-hydrogen) atoms. The first-order chi connectivity index (χ1) is 9.52. The molecule has 1 unspecified atom stereocenters. The molecule has 0 bridgehead atoms. The van der Waals surface area contributed by atoms with Crippen LogP contribution in [0.3, 0.4) is 0 Å². The van der Waals surface area contributed by atoms with Gasteiger partial charge >= 0.3 is 0 Å². The average molecular weight is 276 g/mol. The summed E-state index contributed by atoms with van der Waals surface area (Å²) in [6, 6.07) is 0.701. The largest absolute Gasteiger partial charge is 0.398 e. The highest BCUT2D eigenvalue weighted by molar-refractivity contribution is 5.53. The predicted molar refractivity (Wildman–Crippen MR) is 84.7 cm³/mol. The average Bonchev–Trinajstić information content (AvgIpc) is 2.48. The van der Waals surface area contributed by atoms with E-state index in [-0.39, 0.29) is 0 Å². The Morgan fingerprint density at radius 3 is 2.50 bits per heavy atom. The van der Waals surface area contributed by atoms with Crippen LogP contribution in [-0.2, 0) is 6.54 Å². The van der Waals surface area contributed by atoms with Crippen molar-refractivity contribution in [3.05, 3.63) is 23.0 Å². The lowest BCUT2D eigenvalue weighted by Crippen LogP contribution is -2.49. The minimum absolute atomic E-state index is 0.701. The van der Waals surface area contributed by atoms with Crippen molar-refractivity contribution < 1.29 is 0 Å². The summed E-state index contributed by atoms with van der Waals surface area (Å²) < 4.78 is 0. The number of pyridine rings is 1. The molecule has 0 saturated carbocycles. The van der Waals surface area contributed by atoms with Gasteiger partial charge in [-0.15, -0.1) is 0 Å². The molecule has 1 saturated heterocycles. The first-order valence-electron chi connectivity index (χ1n) is 7.69. The third kappa shape index (κ3) is 3.30. The molecule has 0 aliphatic carbocycles. The van der Waals surface area contributed by atoms with E-state index in [1.807, 2.05) is 13.1 Å². The van der Waals surface area contributed by atoms with E-state index < -0.39 is 0 Å². The van der Waals surface area contributed by atoms with E-state index in [9.17, 15) is 0 Å². The van der Waals surface area contributed by atoms with Gasteiger partial charge in [-0.05, 0) is 38.3 Å². The molecule has 1 aliphatic rings. The number of aryl methyl sites for hydroxylation is 1. The Balaban J connectivity index is 1.95. The number of nitrogen functional groups attached to an aromatic ring is 1. The molecule has 0 aromatic carbocycles. The molecule has 4 nitrogen and oxygen atoms in total. The van der Waals surface area contributed by atoms with Crippen molar-refractivity contribution in [2.24, 2.45) is 0 Å². The third-order valence-corrected chi connectivity index (χ3v) is 4.67. The van der Waals surface area contributed by atoms with Crippen molar-refractivity contribution >= 4 is 5.69 Å². The Kier molecular flexibility index (Phi) is 5.00. The lowest BCUT2D eigenvalue weighted by molar-refractivity contribution is 0.0955. The van der Waals surface area contributed by atoms with Crippen LogP contribution in [0.1, 0.15) is 37.1 Å². The fraction of sp³-hybridized carbons (Fsp3) is 0.688. The molecule has 1 aliphatic heterocycles. The van der Waals surface area contributed by atoms with Crippen molar-refractivity contribution in [2.45, 2.75) is 46.7 Å². The number of nitrogens with two attached hydrogens (primary N) is 1. The van der Waals surface area contributed by atoms with Gasteiger partial charge < -0.3 is 5.73 Å². The maximum Gasteiger partial charge on any atom is 0.0593 e. The summed E-state index contributed by atoms with van der Waals surface area (Å²) in [5.41, 5.74) is 10.4. The third-order valence-electron chi connectivity index (χ3n) is 4.67. The maximum atomic E-state index is 6.10. The van der Waals surface area contributed by atoms with Gasteiger partial charge in [-0.2, -0.15) is 0 Å². The fourth-order valence-electron chi connectivity index (χ4n) is 2.78. The van der Waals surface area contributed by atoms with Gasteiger partial charge in [-0.1, -0.05) is 6.92 Å². The van der Waals surface area contributed by atoms with Gasteiger partial charge in [0.25, 0.3) is 0 Å². The lowest BCUT2D eigenvalue weighted by atomic mass is 10.1. The molecule has 1 fully saturated rings. The van der Waals surface area contributed by atoms with Gasteiger partial charge in [0.1, 0.15) is 0 Å². The summed E-state index contributed by atoms with van der Waals surface area (Å²) in [6.45, 7) is 14.2. The van der Waals surface area contributed by atoms with Gasteiger partial charge in [-0.25, -0.2) is 0 Å². The second kappa shape index (κ2) is 6.55. The molecule has 0 radical (unpaired) electrons. The van der Waals surface area contributed by atoms with Crippen molar-refractivity contribution in [2.75, 3.05) is 31.9 Å².